The third kappa shape index (κ3) is 5.60. The number of hydrogen-bond acceptors (Lipinski definition) is 6. The van der Waals surface area contributed by atoms with Gasteiger partial charge in [-0.15, -0.1) is 0 Å². The molecule has 0 unspecified atom stereocenters. The van der Waals surface area contributed by atoms with E-state index >= 15 is 0 Å². The molecule has 3 rings (SSSR count). The number of rotatable bonds is 8. The third-order valence-electron chi connectivity index (χ3n) is 5.17. The van der Waals surface area contributed by atoms with E-state index in [1.807, 2.05) is 45.9 Å². The van der Waals surface area contributed by atoms with Gasteiger partial charge in [0.15, 0.2) is 6.10 Å². The van der Waals surface area contributed by atoms with Crippen LogP contribution in [-0.2, 0) is 22.6 Å². The van der Waals surface area contributed by atoms with Crippen molar-refractivity contribution in [3.8, 4) is 5.75 Å². The number of ether oxygens (including phenoxy) is 2. The molecule has 0 spiro atoms. The predicted octanol–water partition coefficient (Wildman–Crippen LogP) is 4.84. The summed E-state index contributed by atoms with van der Waals surface area (Å²) in [6.45, 7) is 9.48. The average Bonchev–Trinajstić information content (AvgIpc) is 3.06. The highest BCUT2D eigenvalue weighted by atomic mass is 16.5. The van der Waals surface area contributed by atoms with Gasteiger partial charge in [-0.05, 0) is 63.9 Å². The summed E-state index contributed by atoms with van der Waals surface area (Å²) < 4.78 is 16.3. The normalized spacial score (nSPS) is 11.8. The summed E-state index contributed by atoms with van der Waals surface area (Å²) in [6, 6.07) is 12.9. The van der Waals surface area contributed by atoms with E-state index in [2.05, 4.69) is 5.16 Å². The van der Waals surface area contributed by atoms with Crippen molar-refractivity contribution < 1.29 is 23.6 Å². The molecule has 0 saturated heterocycles. The summed E-state index contributed by atoms with van der Waals surface area (Å²) in [5.41, 5.74) is 4.95. The number of esters is 1. The first-order chi connectivity index (χ1) is 14.7. The van der Waals surface area contributed by atoms with E-state index in [0.717, 1.165) is 33.7 Å². The minimum atomic E-state index is -0.842. The molecule has 0 saturated carbocycles. The maximum absolute atomic E-state index is 12.7. The van der Waals surface area contributed by atoms with E-state index in [1.165, 1.54) is 0 Å². The smallest absolute Gasteiger partial charge is 0.310 e. The van der Waals surface area contributed by atoms with Crippen LogP contribution in [0.15, 0.2) is 47.0 Å². The SMILES string of the molecule is Cc1ccc(C)c(C(=O)[C@@H](C)OC(=O)Cc2ccc(OCc3c(C)noc3C)cc2)c1. The zero-order valence-corrected chi connectivity index (χ0v) is 18.5. The Hall–Kier alpha value is -3.41. The lowest BCUT2D eigenvalue weighted by Gasteiger charge is -2.14. The topological polar surface area (TPSA) is 78.6 Å². The molecule has 0 radical (unpaired) electrons. The molecule has 1 heterocycles. The van der Waals surface area contributed by atoms with Crippen molar-refractivity contribution in [2.75, 3.05) is 0 Å². The molecule has 6 heteroatoms. The lowest BCUT2D eigenvalue weighted by Crippen LogP contribution is -2.26. The van der Waals surface area contributed by atoms with Crippen LogP contribution >= 0.6 is 0 Å². The van der Waals surface area contributed by atoms with Gasteiger partial charge in [0.25, 0.3) is 0 Å². The zero-order chi connectivity index (χ0) is 22.5. The molecule has 31 heavy (non-hydrogen) atoms. The Morgan fingerprint density at radius 2 is 1.74 bits per heavy atom. The zero-order valence-electron chi connectivity index (χ0n) is 18.5. The monoisotopic (exact) mass is 421 g/mol. The van der Waals surface area contributed by atoms with Gasteiger partial charge in [0.2, 0.25) is 5.78 Å². The summed E-state index contributed by atoms with van der Waals surface area (Å²) >= 11 is 0. The van der Waals surface area contributed by atoms with Gasteiger partial charge < -0.3 is 14.0 Å². The quantitative estimate of drug-likeness (QED) is 0.382. The minimum Gasteiger partial charge on any atom is -0.489 e. The number of nitrogens with zero attached hydrogens (tertiary/aromatic N) is 1. The summed E-state index contributed by atoms with van der Waals surface area (Å²) in [7, 11) is 0. The van der Waals surface area contributed by atoms with Crippen molar-refractivity contribution >= 4 is 11.8 Å². The molecule has 0 aliphatic rings. The highest BCUT2D eigenvalue weighted by Gasteiger charge is 2.21. The molecule has 162 valence electrons. The molecule has 1 atom stereocenters. The molecule has 1 aromatic heterocycles. The van der Waals surface area contributed by atoms with Gasteiger partial charge >= 0.3 is 5.97 Å². The average molecular weight is 421 g/mol. The molecular weight excluding hydrogens is 394 g/mol. The molecule has 0 fully saturated rings. The van der Waals surface area contributed by atoms with Crippen LogP contribution in [0.5, 0.6) is 5.75 Å². The van der Waals surface area contributed by atoms with Gasteiger partial charge in [0.05, 0.1) is 17.7 Å². The largest absolute Gasteiger partial charge is 0.489 e. The van der Waals surface area contributed by atoms with Crippen molar-refractivity contribution in [3.05, 3.63) is 81.7 Å². The first-order valence-corrected chi connectivity index (χ1v) is 10.2. The number of hydrogen-bond donors (Lipinski definition) is 0. The second-order valence-electron chi connectivity index (χ2n) is 7.73. The van der Waals surface area contributed by atoms with Crippen molar-refractivity contribution in [2.45, 2.75) is 53.8 Å². The molecule has 6 nitrogen and oxygen atoms in total. The second kappa shape index (κ2) is 9.60. The summed E-state index contributed by atoms with van der Waals surface area (Å²) in [5.74, 6) is 0.769. The van der Waals surface area contributed by atoms with E-state index in [-0.39, 0.29) is 12.2 Å². The molecular formula is C25H27NO5. The van der Waals surface area contributed by atoms with Crippen molar-refractivity contribution in [1.82, 2.24) is 5.16 Å². The molecule has 0 aliphatic carbocycles. The van der Waals surface area contributed by atoms with Gasteiger partial charge in [0, 0.05) is 5.56 Å². The maximum Gasteiger partial charge on any atom is 0.310 e. The van der Waals surface area contributed by atoms with Crippen LogP contribution in [-0.4, -0.2) is 23.0 Å². The molecule has 0 amide bonds. The van der Waals surface area contributed by atoms with Crippen molar-refractivity contribution in [2.24, 2.45) is 0 Å². The fourth-order valence-electron chi connectivity index (χ4n) is 3.25. The number of benzene rings is 2. The Labute approximate surface area is 182 Å². The van der Waals surface area contributed by atoms with Gasteiger partial charge in [-0.3, -0.25) is 9.59 Å². The van der Waals surface area contributed by atoms with Crippen molar-refractivity contribution in [3.63, 3.8) is 0 Å². The standard InChI is InChI=1S/C25H27NO5/c1-15-6-7-16(2)22(12-15)25(28)19(5)30-24(27)13-20-8-10-21(11-9-20)29-14-23-17(3)26-31-18(23)4/h6-12,19H,13-14H2,1-5H3/t19-/m1/s1. The number of aryl methyl sites for hydroxylation is 4. The lowest BCUT2D eigenvalue weighted by molar-refractivity contribution is -0.145. The highest BCUT2D eigenvalue weighted by molar-refractivity contribution is 6.01. The van der Waals surface area contributed by atoms with Crippen LogP contribution in [0.25, 0.3) is 0 Å². The number of carbonyl (C=O) groups is 2. The Kier molecular flexibility index (Phi) is 6.90. The number of carbonyl (C=O) groups excluding carboxylic acids is 2. The Bertz CT molecular complexity index is 1060. The van der Waals surface area contributed by atoms with Crippen LogP contribution in [0.2, 0.25) is 0 Å². The van der Waals surface area contributed by atoms with E-state index in [0.29, 0.717) is 17.9 Å². The number of aromatic nitrogens is 1. The number of ketones is 1. The Balaban J connectivity index is 1.54. The van der Waals surface area contributed by atoms with E-state index in [9.17, 15) is 9.59 Å². The maximum atomic E-state index is 12.7. The predicted molar refractivity (Wildman–Crippen MR) is 116 cm³/mol. The van der Waals surface area contributed by atoms with Crippen molar-refractivity contribution in [1.29, 1.82) is 0 Å². The fraction of sp³-hybridized carbons (Fsp3) is 0.320. The summed E-state index contributed by atoms with van der Waals surface area (Å²) in [4.78, 5) is 25.0. The van der Waals surface area contributed by atoms with Crippen LogP contribution in [0.1, 0.15) is 51.0 Å². The van der Waals surface area contributed by atoms with Crippen LogP contribution < -0.4 is 4.74 Å². The molecule has 3 aromatic rings. The van der Waals surface area contributed by atoms with Crippen LogP contribution in [0.3, 0.4) is 0 Å². The van der Waals surface area contributed by atoms with Gasteiger partial charge in [-0.2, -0.15) is 0 Å². The van der Waals surface area contributed by atoms with Crippen LogP contribution in [0.4, 0.5) is 0 Å². The second-order valence-corrected chi connectivity index (χ2v) is 7.73. The Morgan fingerprint density at radius 3 is 2.39 bits per heavy atom. The van der Waals surface area contributed by atoms with Gasteiger partial charge in [-0.1, -0.05) is 35.0 Å². The summed E-state index contributed by atoms with van der Waals surface area (Å²) in [6.07, 6.45) is -0.764. The van der Waals surface area contributed by atoms with E-state index in [4.69, 9.17) is 14.0 Å². The molecule has 2 aromatic carbocycles. The highest BCUT2D eigenvalue weighted by Crippen LogP contribution is 2.19. The molecule has 0 aliphatic heterocycles. The van der Waals surface area contributed by atoms with Gasteiger partial charge in [-0.25, -0.2) is 0 Å². The minimum absolute atomic E-state index is 0.0779. The molecule has 0 N–H and O–H groups in total. The fourth-order valence-corrected chi connectivity index (χ4v) is 3.25. The molecule has 0 bridgehead atoms. The van der Waals surface area contributed by atoms with Crippen LogP contribution in [0, 0.1) is 27.7 Å². The third-order valence-corrected chi connectivity index (χ3v) is 5.17. The van der Waals surface area contributed by atoms with Gasteiger partial charge in [0.1, 0.15) is 18.1 Å². The lowest BCUT2D eigenvalue weighted by atomic mass is 9.99. The number of Topliss-reactive ketones (excluding diaryl/α,β-unsaturated/α-hetero) is 1. The van der Waals surface area contributed by atoms with E-state index < -0.39 is 12.1 Å². The first-order valence-electron chi connectivity index (χ1n) is 10.2. The summed E-state index contributed by atoms with van der Waals surface area (Å²) in [5, 5.41) is 3.91. The van der Waals surface area contributed by atoms with E-state index in [1.54, 1.807) is 31.2 Å². The first kappa shape index (κ1) is 22.3. The Morgan fingerprint density at radius 1 is 1.03 bits per heavy atom.